The molecule has 0 atom stereocenters. The molecule has 88 valence electrons. The lowest BCUT2D eigenvalue weighted by Crippen LogP contribution is -1.97. The van der Waals surface area contributed by atoms with Gasteiger partial charge in [-0.25, -0.2) is 4.79 Å². The summed E-state index contributed by atoms with van der Waals surface area (Å²) in [5.74, 6) is -1.20. The molecule has 17 heavy (non-hydrogen) atoms. The van der Waals surface area contributed by atoms with Crippen LogP contribution in [0.4, 0.5) is 0 Å². The molecule has 0 fully saturated rings. The zero-order valence-electron chi connectivity index (χ0n) is 9.43. The number of aliphatic carboxylic acids is 1. The van der Waals surface area contributed by atoms with E-state index in [0.717, 1.165) is 15.4 Å². The molecular weight excluding hydrogens is 254 g/mol. The van der Waals surface area contributed by atoms with Crippen LogP contribution in [0, 0.1) is 11.3 Å². The number of hydrogen-bond acceptors (Lipinski definition) is 4. The molecule has 0 aliphatic rings. The van der Waals surface area contributed by atoms with E-state index in [-0.39, 0.29) is 5.57 Å². The molecule has 0 radical (unpaired) electrons. The molecule has 0 saturated carbocycles. The van der Waals surface area contributed by atoms with Crippen molar-refractivity contribution in [3.63, 3.8) is 0 Å². The molecule has 1 rings (SSSR count). The average Bonchev–Trinajstić information content (AvgIpc) is 2.35. The van der Waals surface area contributed by atoms with Crippen LogP contribution in [0.2, 0.25) is 0 Å². The summed E-state index contributed by atoms with van der Waals surface area (Å²) in [6.45, 7) is 0. The van der Waals surface area contributed by atoms with Gasteiger partial charge < -0.3 is 5.11 Å². The van der Waals surface area contributed by atoms with Crippen LogP contribution in [0.25, 0.3) is 6.08 Å². The van der Waals surface area contributed by atoms with Gasteiger partial charge in [-0.15, -0.1) is 23.5 Å². The molecule has 0 heterocycles. The van der Waals surface area contributed by atoms with E-state index in [0.29, 0.717) is 0 Å². The summed E-state index contributed by atoms with van der Waals surface area (Å²) in [7, 11) is 0. The van der Waals surface area contributed by atoms with Crippen molar-refractivity contribution in [2.75, 3.05) is 12.5 Å². The molecule has 1 aromatic rings. The largest absolute Gasteiger partial charge is 0.477 e. The Morgan fingerprint density at radius 2 is 2.00 bits per heavy atom. The van der Waals surface area contributed by atoms with Crippen molar-refractivity contribution in [3.8, 4) is 6.07 Å². The van der Waals surface area contributed by atoms with E-state index in [9.17, 15) is 4.79 Å². The van der Waals surface area contributed by atoms with Gasteiger partial charge in [0, 0.05) is 9.79 Å². The van der Waals surface area contributed by atoms with Crippen LogP contribution in [0.1, 0.15) is 5.56 Å². The fraction of sp³-hybridized carbons (Fsp3) is 0.167. The van der Waals surface area contributed by atoms with Crippen molar-refractivity contribution < 1.29 is 9.90 Å². The molecule has 0 spiro atoms. The molecule has 3 nitrogen and oxygen atoms in total. The van der Waals surface area contributed by atoms with Crippen LogP contribution >= 0.6 is 23.5 Å². The first-order valence-corrected chi connectivity index (χ1v) is 7.14. The molecule has 1 N–H and O–H groups in total. The lowest BCUT2D eigenvalue weighted by molar-refractivity contribution is -0.132. The number of nitriles is 1. The van der Waals surface area contributed by atoms with E-state index in [1.165, 1.54) is 6.08 Å². The Hall–Kier alpha value is -1.38. The van der Waals surface area contributed by atoms with Gasteiger partial charge in [-0.2, -0.15) is 5.26 Å². The predicted molar refractivity (Wildman–Crippen MR) is 71.2 cm³/mol. The fourth-order valence-electron chi connectivity index (χ4n) is 1.25. The monoisotopic (exact) mass is 265 g/mol. The maximum Gasteiger partial charge on any atom is 0.346 e. The minimum Gasteiger partial charge on any atom is -0.477 e. The van der Waals surface area contributed by atoms with Crippen LogP contribution < -0.4 is 0 Å². The number of carbonyl (C=O) groups is 1. The van der Waals surface area contributed by atoms with Gasteiger partial charge in [0.1, 0.15) is 11.6 Å². The maximum atomic E-state index is 10.7. The van der Waals surface area contributed by atoms with Gasteiger partial charge in [-0.05, 0) is 36.3 Å². The predicted octanol–water partition coefficient (Wildman–Crippen LogP) is 3.12. The lowest BCUT2D eigenvalue weighted by Gasteiger charge is -2.05. The molecular formula is C12H11NO2S2. The topological polar surface area (TPSA) is 61.1 Å². The van der Waals surface area contributed by atoms with Crippen molar-refractivity contribution in [2.45, 2.75) is 9.79 Å². The highest BCUT2D eigenvalue weighted by molar-refractivity contribution is 8.01. The van der Waals surface area contributed by atoms with E-state index in [4.69, 9.17) is 10.4 Å². The first-order chi connectivity index (χ1) is 8.12. The third kappa shape index (κ3) is 3.55. The van der Waals surface area contributed by atoms with Gasteiger partial charge in [-0.3, -0.25) is 0 Å². The SMILES string of the molecule is CSc1ccc(C=C(C#N)C(=O)O)cc1SC. The van der Waals surface area contributed by atoms with Crippen molar-refractivity contribution in [3.05, 3.63) is 29.3 Å². The van der Waals surface area contributed by atoms with Gasteiger partial charge >= 0.3 is 5.97 Å². The first kappa shape index (κ1) is 13.7. The summed E-state index contributed by atoms with van der Waals surface area (Å²) in [6.07, 6.45) is 5.33. The number of benzene rings is 1. The highest BCUT2D eigenvalue weighted by atomic mass is 32.2. The molecule has 0 aliphatic heterocycles. The molecule has 0 aliphatic carbocycles. The Morgan fingerprint density at radius 1 is 1.35 bits per heavy atom. The minimum atomic E-state index is -1.20. The van der Waals surface area contributed by atoms with Gasteiger partial charge in [0.2, 0.25) is 0 Å². The Morgan fingerprint density at radius 3 is 2.47 bits per heavy atom. The van der Waals surface area contributed by atoms with Crippen LogP contribution in [0.3, 0.4) is 0 Å². The number of carboxylic acid groups (broad SMARTS) is 1. The number of hydrogen-bond donors (Lipinski definition) is 1. The van der Waals surface area contributed by atoms with Gasteiger partial charge in [0.15, 0.2) is 0 Å². The third-order valence-corrected chi connectivity index (χ3v) is 3.77. The van der Waals surface area contributed by atoms with Gasteiger partial charge in [-0.1, -0.05) is 6.07 Å². The second-order valence-corrected chi connectivity index (χ2v) is 4.79. The number of nitrogens with zero attached hydrogens (tertiary/aromatic N) is 1. The highest BCUT2D eigenvalue weighted by Gasteiger charge is 2.07. The van der Waals surface area contributed by atoms with Crippen molar-refractivity contribution >= 4 is 35.6 Å². The zero-order valence-corrected chi connectivity index (χ0v) is 11.1. The quantitative estimate of drug-likeness (QED) is 0.515. The Balaban J connectivity index is 3.17. The minimum absolute atomic E-state index is 0.256. The third-order valence-electron chi connectivity index (χ3n) is 2.07. The second kappa shape index (κ2) is 6.38. The van der Waals surface area contributed by atoms with E-state index in [2.05, 4.69) is 0 Å². The van der Waals surface area contributed by atoms with Crippen LogP contribution in [-0.4, -0.2) is 23.6 Å². The van der Waals surface area contributed by atoms with Gasteiger partial charge in [0.25, 0.3) is 0 Å². The smallest absolute Gasteiger partial charge is 0.346 e. The molecule has 0 unspecified atom stereocenters. The number of rotatable bonds is 4. The van der Waals surface area contributed by atoms with Gasteiger partial charge in [0.05, 0.1) is 0 Å². The summed E-state index contributed by atoms with van der Waals surface area (Å²) >= 11 is 3.23. The fourth-order valence-corrected chi connectivity index (χ4v) is 2.74. The second-order valence-electron chi connectivity index (χ2n) is 3.09. The van der Waals surface area contributed by atoms with E-state index >= 15 is 0 Å². The van der Waals surface area contributed by atoms with Crippen LogP contribution in [-0.2, 0) is 4.79 Å². The van der Waals surface area contributed by atoms with Crippen LogP contribution in [0.15, 0.2) is 33.6 Å². The molecule has 1 aromatic carbocycles. The Labute approximate surface area is 109 Å². The molecule has 0 amide bonds. The highest BCUT2D eigenvalue weighted by Crippen LogP contribution is 2.29. The van der Waals surface area contributed by atoms with E-state index in [1.807, 2.05) is 30.7 Å². The standard InChI is InChI=1S/C12H11NO2S2/c1-16-10-4-3-8(6-11(10)17-2)5-9(7-13)12(14)15/h3-6H,1-2H3,(H,14,15). The summed E-state index contributed by atoms with van der Waals surface area (Å²) in [6, 6.07) is 7.29. The molecule has 0 bridgehead atoms. The Kier molecular flexibility index (Phi) is 5.13. The number of thioether (sulfide) groups is 2. The average molecular weight is 265 g/mol. The summed E-state index contributed by atoms with van der Waals surface area (Å²) in [5.41, 5.74) is 0.472. The zero-order chi connectivity index (χ0) is 12.8. The van der Waals surface area contributed by atoms with Crippen LogP contribution in [0.5, 0.6) is 0 Å². The Bertz CT molecular complexity index is 504. The molecule has 0 aromatic heterocycles. The van der Waals surface area contributed by atoms with Crippen molar-refractivity contribution in [2.24, 2.45) is 0 Å². The number of carboxylic acids is 1. The summed E-state index contributed by atoms with van der Waals surface area (Å²) in [5, 5.41) is 17.4. The lowest BCUT2D eigenvalue weighted by atomic mass is 10.1. The van der Waals surface area contributed by atoms with Crippen molar-refractivity contribution in [1.82, 2.24) is 0 Å². The first-order valence-electron chi connectivity index (χ1n) is 4.69. The normalized spacial score (nSPS) is 11.0. The van der Waals surface area contributed by atoms with Crippen molar-refractivity contribution in [1.29, 1.82) is 5.26 Å². The summed E-state index contributed by atoms with van der Waals surface area (Å²) < 4.78 is 0. The molecule has 0 saturated heterocycles. The van der Waals surface area contributed by atoms with E-state index in [1.54, 1.807) is 29.6 Å². The molecule has 5 heteroatoms. The van der Waals surface area contributed by atoms with E-state index < -0.39 is 5.97 Å². The maximum absolute atomic E-state index is 10.7. The summed E-state index contributed by atoms with van der Waals surface area (Å²) in [4.78, 5) is 12.9.